The first-order valence-corrected chi connectivity index (χ1v) is 7.21. The van der Waals surface area contributed by atoms with Gasteiger partial charge in [0.05, 0.1) is 10.4 Å². The number of thiazole rings is 1. The van der Waals surface area contributed by atoms with Crippen LogP contribution in [0.5, 0.6) is 0 Å². The molecule has 6 nitrogen and oxygen atoms in total. The highest BCUT2D eigenvalue weighted by atomic mass is 32.1. The number of nitrogens with zero attached hydrogens (tertiary/aromatic N) is 1. The van der Waals surface area contributed by atoms with Crippen molar-refractivity contribution >= 4 is 23.3 Å². The third-order valence-electron chi connectivity index (χ3n) is 2.75. The standard InChI is InChI=1S/C14H15N3O3S/c1-9-3-2-4-10(7-9)12-11(17-8-21-12)13(18)15-5-6-16-14(19)20/h2-4,7-8,16H,5-6H2,1H3,(H,15,18)(H,19,20). The van der Waals surface area contributed by atoms with Crippen molar-refractivity contribution < 1.29 is 14.7 Å². The second-order valence-electron chi connectivity index (χ2n) is 4.39. The van der Waals surface area contributed by atoms with Crippen molar-refractivity contribution in [2.75, 3.05) is 13.1 Å². The molecule has 2 aromatic rings. The summed E-state index contributed by atoms with van der Waals surface area (Å²) < 4.78 is 0. The van der Waals surface area contributed by atoms with E-state index >= 15 is 0 Å². The Bertz CT molecular complexity index is 654. The molecule has 0 radical (unpaired) electrons. The average molecular weight is 305 g/mol. The molecule has 110 valence electrons. The van der Waals surface area contributed by atoms with Crippen molar-refractivity contribution in [2.45, 2.75) is 6.92 Å². The highest BCUT2D eigenvalue weighted by molar-refractivity contribution is 7.13. The summed E-state index contributed by atoms with van der Waals surface area (Å²) in [5.41, 5.74) is 4.05. The number of hydrogen-bond donors (Lipinski definition) is 3. The molecule has 1 aromatic carbocycles. The third kappa shape index (κ3) is 4.03. The highest BCUT2D eigenvalue weighted by Gasteiger charge is 2.16. The van der Waals surface area contributed by atoms with E-state index in [0.717, 1.165) is 16.0 Å². The minimum atomic E-state index is -1.11. The van der Waals surface area contributed by atoms with Crippen molar-refractivity contribution in [3.63, 3.8) is 0 Å². The number of benzene rings is 1. The number of hydrogen-bond acceptors (Lipinski definition) is 4. The van der Waals surface area contributed by atoms with Gasteiger partial charge in [-0.3, -0.25) is 4.79 Å². The number of amides is 2. The maximum Gasteiger partial charge on any atom is 0.404 e. The number of nitrogens with one attached hydrogen (secondary N) is 2. The summed E-state index contributed by atoms with van der Waals surface area (Å²) in [4.78, 5) is 27.3. The Morgan fingerprint density at radius 3 is 2.76 bits per heavy atom. The van der Waals surface area contributed by atoms with Gasteiger partial charge in [-0.2, -0.15) is 0 Å². The first-order valence-electron chi connectivity index (χ1n) is 6.33. The van der Waals surface area contributed by atoms with Crippen LogP contribution in [-0.2, 0) is 0 Å². The van der Waals surface area contributed by atoms with Crippen molar-refractivity contribution in [1.82, 2.24) is 15.6 Å². The fourth-order valence-electron chi connectivity index (χ4n) is 1.83. The first-order chi connectivity index (χ1) is 10.1. The number of aryl methyl sites for hydroxylation is 1. The van der Waals surface area contributed by atoms with E-state index in [9.17, 15) is 9.59 Å². The number of carboxylic acid groups (broad SMARTS) is 1. The molecule has 0 aliphatic rings. The average Bonchev–Trinajstić information content (AvgIpc) is 2.92. The van der Waals surface area contributed by atoms with Crippen molar-refractivity contribution in [2.24, 2.45) is 0 Å². The lowest BCUT2D eigenvalue weighted by Gasteiger charge is -2.06. The van der Waals surface area contributed by atoms with E-state index in [2.05, 4.69) is 15.6 Å². The molecule has 0 spiro atoms. The van der Waals surface area contributed by atoms with Crippen molar-refractivity contribution in [1.29, 1.82) is 0 Å². The molecule has 0 unspecified atom stereocenters. The summed E-state index contributed by atoms with van der Waals surface area (Å²) in [6.07, 6.45) is -1.11. The molecule has 0 saturated heterocycles. The molecular weight excluding hydrogens is 290 g/mol. The van der Waals surface area contributed by atoms with Crippen LogP contribution in [0.3, 0.4) is 0 Å². The lowest BCUT2D eigenvalue weighted by atomic mass is 10.1. The minimum absolute atomic E-state index is 0.158. The molecule has 0 fully saturated rings. The number of carbonyl (C=O) groups is 2. The lowest BCUT2D eigenvalue weighted by Crippen LogP contribution is -2.34. The van der Waals surface area contributed by atoms with Crippen LogP contribution >= 0.6 is 11.3 Å². The molecule has 0 saturated carbocycles. The van der Waals surface area contributed by atoms with Crippen LogP contribution in [0.4, 0.5) is 4.79 Å². The molecule has 0 bridgehead atoms. The van der Waals surface area contributed by atoms with Gasteiger partial charge in [0.2, 0.25) is 0 Å². The summed E-state index contributed by atoms with van der Waals surface area (Å²) in [7, 11) is 0. The van der Waals surface area contributed by atoms with Crippen LogP contribution in [0.25, 0.3) is 10.4 Å². The van der Waals surface area contributed by atoms with Gasteiger partial charge >= 0.3 is 6.09 Å². The molecule has 0 aliphatic heterocycles. The van der Waals surface area contributed by atoms with Crippen LogP contribution in [0.1, 0.15) is 16.1 Å². The van der Waals surface area contributed by atoms with Crippen LogP contribution in [-0.4, -0.2) is 35.2 Å². The zero-order valence-electron chi connectivity index (χ0n) is 11.4. The fourth-order valence-corrected chi connectivity index (χ4v) is 2.61. The quantitative estimate of drug-likeness (QED) is 0.738. The third-order valence-corrected chi connectivity index (χ3v) is 3.63. The van der Waals surface area contributed by atoms with Gasteiger partial charge in [-0.05, 0) is 12.5 Å². The molecule has 21 heavy (non-hydrogen) atoms. The smallest absolute Gasteiger partial charge is 0.404 e. The molecule has 7 heteroatoms. The highest BCUT2D eigenvalue weighted by Crippen LogP contribution is 2.28. The zero-order valence-corrected chi connectivity index (χ0v) is 12.2. The van der Waals surface area contributed by atoms with E-state index in [-0.39, 0.29) is 19.0 Å². The minimum Gasteiger partial charge on any atom is -0.465 e. The molecule has 1 aromatic heterocycles. The maximum absolute atomic E-state index is 12.1. The maximum atomic E-state index is 12.1. The van der Waals surface area contributed by atoms with E-state index in [1.165, 1.54) is 11.3 Å². The second-order valence-corrected chi connectivity index (χ2v) is 5.24. The Morgan fingerprint density at radius 1 is 1.29 bits per heavy atom. The number of rotatable bonds is 5. The summed E-state index contributed by atoms with van der Waals surface area (Å²) >= 11 is 1.40. The Kier molecular flexibility index (Phi) is 4.89. The van der Waals surface area contributed by atoms with Gasteiger partial charge < -0.3 is 15.7 Å². The van der Waals surface area contributed by atoms with E-state index in [1.807, 2.05) is 31.2 Å². The SMILES string of the molecule is Cc1cccc(-c2scnc2C(=O)NCCNC(=O)O)c1. The van der Waals surface area contributed by atoms with Gasteiger partial charge in [-0.15, -0.1) is 11.3 Å². The molecule has 0 aliphatic carbocycles. The van der Waals surface area contributed by atoms with E-state index in [4.69, 9.17) is 5.11 Å². The Hall–Kier alpha value is -2.41. The largest absolute Gasteiger partial charge is 0.465 e. The monoisotopic (exact) mass is 305 g/mol. The summed E-state index contributed by atoms with van der Waals surface area (Å²) in [5, 5.41) is 13.3. The normalized spacial score (nSPS) is 10.1. The van der Waals surface area contributed by atoms with E-state index in [1.54, 1.807) is 5.51 Å². The molecule has 1 heterocycles. The van der Waals surface area contributed by atoms with Gasteiger partial charge in [0.25, 0.3) is 5.91 Å². The summed E-state index contributed by atoms with van der Waals surface area (Å²) in [5.74, 6) is -0.306. The van der Waals surface area contributed by atoms with Crippen LogP contribution in [0.2, 0.25) is 0 Å². The van der Waals surface area contributed by atoms with Gasteiger partial charge in [0.1, 0.15) is 5.69 Å². The predicted molar refractivity (Wildman–Crippen MR) is 80.6 cm³/mol. The topological polar surface area (TPSA) is 91.3 Å². The Balaban J connectivity index is 2.06. The fraction of sp³-hybridized carbons (Fsp3) is 0.214. The molecule has 2 amide bonds. The van der Waals surface area contributed by atoms with Crippen LogP contribution < -0.4 is 10.6 Å². The summed E-state index contributed by atoms with van der Waals surface area (Å²) in [6.45, 7) is 2.36. The van der Waals surface area contributed by atoms with Crippen molar-refractivity contribution in [3.05, 3.63) is 41.0 Å². The number of aromatic nitrogens is 1. The van der Waals surface area contributed by atoms with Gasteiger partial charge in [0.15, 0.2) is 0 Å². The molecule has 2 rings (SSSR count). The molecule has 0 atom stereocenters. The zero-order chi connectivity index (χ0) is 15.2. The Labute approximate surface area is 125 Å². The van der Waals surface area contributed by atoms with Crippen molar-refractivity contribution in [3.8, 4) is 10.4 Å². The van der Waals surface area contributed by atoms with Gasteiger partial charge in [-0.25, -0.2) is 9.78 Å². The van der Waals surface area contributed by atoms with Gasteiger partial charge in [-0.1, -0.05) is 29.8 Å². The van der Waals surface area contributed by atoms with Crippen LogP contribution in [0, 0.1) is 6.92 Å². The predicted octanol–water partition coefficient (Wildman–Crippen LogP) is 2.12. The first kappa shape index (κ1) is 15.0. The van der Waals surface area contributed by atoms with E-state index < -0.39 is 6.09 Å². The molecule has 3 N–H and O–H groups in total. The number of carbonyl (C=O) groups excluding carboxylic acids is 1. The Morgan fingerprint density at radius 2 is 2.05 bits per heavy atom. The molecular formula is C14H15N3O3S. The van der Waals surface area contributed by atoms with E-state index in [0.29, 0.717) is 5.69 Å². The van der Waals surface area contributed by atoms with Crippen LogP contribution in [0.15, 0.2) is 29.8 Å². The summed E-state index contributed by atoms with van der Waals surface area (Å²) in [6, 6.07) is 7.85. The van der Waals surface area contributed by atoms with Gasteiger partial charge in [0, 0.05) is 13.1 Å². The second kappa shape index (κ2) is 6.85. The lowest BCUT2D eigenvalue weighted by molar-refractivity contribution is 0.0949.